The lowest BCUT2D eigenvalue weighted by atomic mass is 10.1. The molecule has 0 aromatic rings. The van der Waals surface area contributed by atoms with Gasteiger partial charge in [0, 0.05) is 19.6 Å². The minimum absolute atomic E-state index is 0.109. The predicted molar refractivity (Wildman–Crippen MR) is 55.7 cm³/mol. The standard InChI is InChI=1S/C11H17NO3/c13-11(14)10-5-4-9(15-10)8-12-6-2-1-3-7-12/h1-2,9-10H,3-8H2,(H,13,14). The number of ether oxygens (including phenoxy) is 1. The molecule has 2 unspecified atom stereocenters. The second kappa shape index (κ2) is 4.77. The van der Waals surface area contributed by atoms with Crippen LogP contribution in [-0.2, 0) is 9.53 Å². The van der Waals surface area contributed by atoms with Crippen LogP contribution in [0.25, 0.3) is 0 Å². The van der Waals surface area contributed by atoms with Gasteiger partial charge in [0.2, 0.25) is 0 Å². The minimum atomic E-state index is -0.823. The Bertz CT molecular complexity index is 265. The molecule has 0 aromatic heterocycles. The first kappa shape index (κ1) is 10.6. The number of carboxylic acid groups (broad SMARTS) is 1. The number of carbonyl (C=O) groups is 1. The first-order chi connectivity index (χ1) is 7.25. The average molecular weight is 211 g/mol. The van der Waals surface area contributed by atoms with Crippen LogP contribution in [0.2, 0.25) is 0 Å². The molecule has 84 valence electrons. The summed E-state index contributed by atoms with van der Waals surface area (Å²) < 4.78 is 5.46. The van der Waals surface area contributed by atoms with Gasteiger partial charge >= 0.3 is 5.97 Å². The van der Waals surface area contributed by atoms with Crippen LogP contribution in [0.5, 0.6) is 0 Å². The maximum absolute atomic E-state index is 10.7. The van der Waals surface area contributed by atoms with Gasteiger partial charge in [-0.3, -0.25) is 4.90 Å². The van der Waals surface area contributed by atoms with Gasteiger partial charge in [-0.05, 0) is 19.3 Å². The number of nitrogens with zero attached hydrogens (tertiary/aromatic N) is 1. The molecule has 0 bridgehead atoms. The summed E-state index contributed by atoms with van der Waals surface area (Å²) in [5.74, 6) is -0.823. The Morgan fingerprint density at radius 2 is 2.33 bits per heavy atom. The van der Waals surface area contributed by atoms with Crippen LogP contribution >= 0.6 is 0 Å². The molecule has 1 fully saturated rings. The van der Waals surface area contributed by atoms with E-state index in [0.29, 0.717) is 6.42 Å². The molecule has 15 heavy (non-hydrogen) atoms. The van der Waals surface area contributed by atoms with Crippen LogP contribution in [0.15, 0.2) is 12.2 Å². The fourth-order valence-corrected chi connectivity index (χ4v) is 2.17. The van der Waals surface area contributed by atoms with Crippen molar-refractivity contribution >= 4 is 5.97 Å². The van der Waals surface area contributed by atoms with E-state index in [0.717, 1.165) is 32.5 Å². The van der Waals surface area contributed by atoms with Gasteiger partial charge in [0.15, 0.2) is 6.10 Å². The number of carboxylic acids is 1. The summed E-state index contributed by atoms with van der Waals surface area (Å²) in [5, 5.41) is 8.79. The van der Waals surface area contributed by atoms with Gasteiger partial charge < -0.3 is 9.84 Å². The molecule has 2 aliphatic rings. The summed E-state index contributed by atoms with van der Waals surface area (Å²) in [6.07, 6.45) is 6.50. The smallest absolute Gasteiger partial charge is 0.332 e. The van der Waals surface area contributed by atoms with E-state index in [2.05, 4.69) is 17.1 Å². The largest absolute Gasteiger partial charge is 0.479 e. The third-order valence-corrected chi connectivity index (χ3v) is 2.99. The minimum Gasteiger partial charge on any atom is -0.479 e. The van der Waals surface area contributed by atoms with Crippen LogP contribution in [0.4, 0.5) is 0 Å². The van der Waals surface area contributed by atoms with Crippen LogP contribution in [-0.4, -0.2) is 47.8 Å². The first-order valence-corrected chi connectivity index (χ1v) is 5.51. The van der Waals surface area contributed by atoms with Crippen LogP contribution in [0.3, 0.4) is 0 Å². The summed E-state index contributed by atoms with van der Waals surface area (Å²) in [6.45, 7) is 2.90. The lowest BCUT2D eigenvalue weighted by Gasteiger charge is -2.25. The molecule has 0 spiro atoms. The van der Waals surface area contributed by atoms with Gasteiger partial charge in [-0.25, -0.2) is 4.79 Å². The Morgan fingerprint density at radius 3 is 2.93 bits per heavy atom. The maximum Gasteiger partial charge on any atom is 0.332 e. The van der Waals surface area contributed by atoms with Crippen LogP contribution in [0, 0.1) is 0 Å². The lowest BCUT2D eigenvalue weighted by molar-refractivity contribution is -0.149. The number of rotatable bonds is 3. The molecule has 2 heterocycles. The summed E-state index contributed by atoms with van der Waals surface area (Å²) >= 11 is 0. The zero-order valence-electron chi connectivity index (χ0n) is 8.76. The van der Waals surface area contributed by atoms with E-state index in [1.165, 1.54) is 0 Å². The second-order valence-corrected chi connectivity index (χ2v) is 4.18. The summed E-state index contributed by atoms with van der Waals surface area (Å²) in [5.41, 5.74) is 0. The van der Waals surface area contributed by atoms with Crippen molar-refractivity contribution in [2.45, 2.75) is 31.5 Å². The molecule has 0 aliphatic carbocycles. The zero-order chi connectivity index (χ0) is 10.7. The van der Waals surface area contributed by atoms with E-state index in [-0.39, 0.29) is 6.10 Å². The highest BCUT2D eigenvalue weighted by Gasteiger charge is 2.31. The van der Waals surface area contributed by atoms with Crippen molar-refractivity contribution in [1.82, 2.24) is 4.90 Å². The van der Waals surface area contributed by atoms with E-state index in [1.807, 2.05) is 0 Å². The van der Waals surface area contributed by atoms with E-state index < -0.39 is 12.1 Å². The molecular formula is C11H17NO3. The van der Waals surface area contributed by atoms with Crippen molar-refractivity contribution < 1.29 is 14.6 Å². The molecule has 1 saturated heterocycles. The molecule has 2 atom stereocenters. The van der Waals surface area contributed by atoms with Gasteiger partial charge in [-0.2, -0.15) is 0 Å². The molecule has 0 saturated carbocycles. The Labute approximate surface area is 89.5 Å². The van der Waals surface area contributed by atoms with Crippen molar-refractivity contribution in [3.05, 3.63) is 12.2 Å². The van der Waals surface area contributed by atoms with Gasteiger partial charge in [0.25, 0.3) is 0 Å². The maximum atomic E-state index is 10.7. The van der Waals surface area contributed by atoms with Crippen molar-refractivity contribution in [2.24, 2.45) is 0 Å². The molecule has 2 aliphatic heterocycles. The Kier molecular flexibility index (Phi) is 3.38. The van der Waals surface area contributed by atoms with E-state index in [1.54, 1.807) is 0 Å². The lowest BCUT2D eigenvalue weighted by Crippen LogP contribution is -2.35. The van der Waals surface area contributed by atoms with E-state index in [4.69, 9.17) is 9.84 Å². The molecule has 4 nitrogen and oxygen atoms in total. The van der Waals surface area contributed by atoms with E-state index in [9.17, 15) is 4.79 Å². The number of hydrogen-bond acceptors (Lipinski definition) is 3. The number of aliphatic carboxylic acids is 1. The fourth-order valence-electron chi connectivity index (χ4n) is 2.17. The Balaban J connectivity index is 1.76. The van der Waals surface area contributed by atoms with Crippen molar-refractivity contribution in [3.8, 4) is 0 Å². The zero-order valence-corrected chi connectivity index (χ0v) is 8.76. The molecule has 2 rings (SSSR count). The molecule has 0 aromatic carbocycles. The molecule has 0 amide bonds. The number of hydrogen-bond donors (Lipinski definition) is 1. The third kappa shape index (κ3) is 2.79. The van der Waals surface area contributed by atoms with Gasteiger partial charge in [-0.15, -0.1) is 0 Å². The van der Waals surface area contributed by atoms with Crippen LogP contribution < -0.4 is 0 Å². The molecule has 0 radical (unpaired) electrons. The summed E-state index contributed by atoms with van der Waals surface area (Å²) in [4.78, 5) is 13.0. The fraction of sp³-hybridized carbons (Fsp3) is 0.727. The van der Waals surface area contributed by atoms with Crippen LogP contribution in [0.1, 0.15) is 19.3 Å². The van der Waals surface area contributed by atoms with Gasteiger partial charge in [-0.1, -0.05) is 12.2 Å². The van der Waals surface area contributed by atoms with Gasteiger partial charge in [0.05, 0.1) is 6.10 Å². The summed E-state index contributed by atoms with van der Waals surface area (Å²) in [6, 6.07) is 0. The molecular weight excluding hydrogens is 194 g/mol. The van der Waals surface area contributed by atoms with Crippen molar-refractivity contribution in [2.75, 3.05) is 19.6 Å². The highest BCUT2D eigenvalue weighted by Crippen LogP contribution is 2.21. The quantitative estimate of drug-likeness (QED) is 0.704. The molecule has 1 N–H and O–H groups in total. The van der Waals surface area contributed by atoms with Gasteiger partial charge in [0.1, 0.15) is 0 Å². The van der Waals surface area contributed by atoms with Crippen molar-refractivity contribution in [1.29, 1.82) is 0 Å². The Morgan fingerprint density at radius 1 is 1.47 bits per heavy atom. The summed E-state index contributed by atoms with van der Waals surface area (Å²) in [7, 11) is 0. The van der Waals surface area contributed by atoms with E-state index >= 15 is 0 Å². The highest BCUT2D eigenvalue weighted by molar-refractivity contribution is 5.72. The normalized spacial score (nSPS) is 32.0. The van der Waals surface area contributed by atoms with Crippen molar-refractivity contribution in [3.63, 3.8) is 0 Å². The third-order valence-electron chi connectivity index (χ3n) is 2.99. The highest BCUT2D eigenvalue weighted by atomic mass is 16.5. The first-order valence-electron chi connectivity index (χ1n) is 5.51. The SMILES string of the molecule is O=C(O)C1CCC(CN2CC=CCC2)O1. The predicted octanol–water partition coefficient (Wildman–Crippen LogP) is 0.881. The topological polar surface area (TPSA) is 49.8 Å². The monoisotopic (exact) mass is 211 g/mol. The second-order valence-electron chi connectivity index (χ2n) is 4.18. The molecule has 4 heteroatoms. The average Bonchev–Trinajstić information content (AvgIpc) is 2.68. The Hall–Kier alpha value is -0.870.